The number of carbonyl (C=O) groups excluding carboxylic acids is 2. The van der Waals surface area contributed by atoms with E-state index in [1.807, 2.05) is 0 Å². The largest absolute Gasteiger partial charge is 0.479 e. The molecule has 0 aromatic rings. The Morgan fingerprint density at radius 2 is 1.44 bits per heavy atom. The zero-order valence-electron chi connectivity index (χ0n) is 18.8. The van der Waals surface area contributed by atoms with Crippen LogP contribution in [0.5, 0.6) is 0 Å². The summed E-state index contributed by atoms with van der Waals surface area (Å²) in [5, 5.41) is 64.4. The van der Waals surface area contributed by atoms with Gasteiger partial charge in [0, 0.05) is 13.8 Å². The predicted molar refractivity (Wildman–Crippen MR) is 108 cm³/mol. The fraction of sp³-hybridized carbons (Fsp3) is 0.842. The van der Waals surface area contributed by atoms with E-state index in [-0.39, 0.29) is 0 Å². The lowest BCUT2D eigenvalue weighted by Gasteiger charge is -2.48. The zero-order chi connectivity index (χ0) is 25.7. The van der Waals surface area contributed by atoms with Crippen LogP contribution in [0.15, 0.2) is 0 Å². The highest BCUT2D eigenvalue weighted by Crippen LogP contribution is 2.30. The second-order valence-electron chi connectivity index (χ2n) is 8.09. The summed E-state index contributed by atoms with van der Waals surface area (Å²) in [6.45, 7) is 2.00. The maximum atomic E-state index is 11.7. The molecule has 2 amide bonds. The van der Waals surface area contributed by atoms with Crippen LogP contribution in [-0.2, 0) is 33.3 Å². The summed E-state index contributed by atoms with van der Waals surface area (Å²) in [4.78, 5) is 34.8. The first-order valence-corrected chi connectivity index (χ1v) is 10.6. The second kappa shape index (κ2) is 12.1. The molecular formula is C19H32N2O13. The number of aliphatic hydroxyl groups is 5. The first-order valence-electron chi connectivity index (χ1n) is 10.6. The molecule has 2 fully saturated rings. The maximum Gasteiger partial charge on any atom is 0.332 e. The SMILES string of the molecule is CC(=O)N[C@H]1[C@H](O[C@H]2[C@H](O[C@@H](C)C(=O)O)[C@H](NC(C)=O)[C@H](O)O[C@@H]2CO)O[C@H](CO)[C@@H](O)[C@H]1O. The van der Waals surface area contributed by atoms with E-state index in [2.05, 4.69) is 10.6 Å². The molecule has 0 unspecified atom stereocenters. The summed E-state index contributed by atoms with van der Waals surface area (Å²) in [5.74, 6) is -2.60. The third kappa shape index (κ3) is 6.59. The van der Waals surface area contributed by atoms with Crippen molar-refractivity contribution in [1.82, 2.24) is 10.6 Å². The summed E-state index contributed by atoms with van der Waals surface area (Å²) in [6, 6.07) is -2.71. The van der Waals surface area contributed by atoms with Crippen molar-refractivity contribution in [3.8, 4) is 0 Å². The van der Waals surface area contributed by atoms with Crippen LogP contribution in [0.3, 0.4) is 0 Å². The first-order chi connectivity index (χ1) is 15.9. The third-order valence-electron chi connectivity index (χ3n) is 5.47. The second-order valence-corrected chi connectivity index (χ2v) is 8.09. The Morgan fingerprint density at radius 1 is 0.882 bits per heavy atom. The van der Waals surface area contributed by atoms with E-state index >= 15 is 0 Å². The van der Waals surface area contributed by atoms with Crippen molar-refractivity contribution in [1.29, 1.82) is 0 Å². The molecule has 15 heteroatoms. The van der Waals surface area contributed by atoms with Crippen LogP contribution >= 0.6 is 0 Å². The molecule has 2 heterocycles. The van der Waals surface area contributed by atoms with E-state index in [1.165, 1.54) is 6.92 Å². The van der Waals surface area contributed by atoms with E-state index < -0.39 is 98.4 Å². The first kappa shape index (κ1) is 28.3. The highest BCUT2D eigenvalue weighted by Gasteiger charge is 2.52. The summed E-state index contributed by atoms with van der Waals surface area (Å²) < 4.78 is 22.3. The summed E-state index contributed by atoms with van der Waals surface area (Å²) >= 11 is 0. The molecule has 2 aliphatic heterocycles. The monoisotopic (exact) mass is 496 g/mol. The van der Waals surface area contributed by atoms with Crippen molar-refractivity contribution in [2.24, 2.45) is 0 Å². The molecule has 2 rings (SSSR count). The van der Waals surface area contributed by atoms with Crippen molar-refractivity contribution in [2.75, 3.05) is 13.2 Å². The van der Waals surface area contributed by atoms with Crippen LogP contribution in [0.2, 0.25) is 0 Å². The third-order valence-corrected chi connectivity index (χ3v) is 5.47. The van der Waals surface area contributed by atoms with Gasteiger partial charge in [0.2, 0.25) is 11.8 Å². The molecule has 196 valence electrons. The average molecular weight is 496 g/mol. The number of carbonyl (C=O) groups is 3. The van der Waals surface area contributed by atoms with E-state index in [9.17, 15) is 45.0 Å². The number of aliphatic hydroxyl groups excluding tert-OH is 5. The number of aliphatic carboxylic acids is 1. The maximum absolute atomic E-state index is 11.7. The zero-order valence-corrected chi connectivity index (χ0v) is 18.8. The Labute approximate surface area is 194 Å². The van der Waals surface area contributed by atoms with Gasteiger partial charge >= 0.3 is 5.97 Å². The van der Waals surface area contributed by atoms with Gasteiger partial charge in [-0.25, -0.2) is 4.79 Å². The van der Waals surface area contributed by atoms with Crippen molar-refractivity contribution in [3.05, 3.63) is 0 Å². The van der Waals surface area contributed by atoms with Crippen molar-refractivity contribution < 1.29 is 64.0 Å². The van der Waals surface area contributed by atoms with Crippen LogP contribution in [0.25, 0.3) is 0 Å². The fourth-order valence-electron chi connectivity index (χ4n) is 3.82. The van der Waals surface area contributed by atoms with Gasteiger partial charge in [0.25, 0.3) is 0 Å². The van der Waals surface area contributed by atoms with Gasteiger partial charge in [-0.1, -0.05) is 0 Å². The van der Waals surface area contributed by atoms with Crippen LogP contribution < -0.4 is 10.6 Å². The normalized spacial score (nSPS) is 39.2. The molecule has 0 saturated carbocycles. The van der Waals surface area contributed by atoms with Gasteiger partial charge < -0.3 is 60.2 Å². The fourth-order valence-corrected chi connectivity index (χ4v) is 3.82. The van der Waals surface area contributed by atoms with E-state index in [4.69, 9.17) is 18.9 Å². The number of hydrogen-bond acceptors (Lipinski definition) is 12. The van der Waals surface area contributed by atoms with E-state index in [0.717, 1.165) is 13.8 Å². The Hall–Kier alpha value is -1.95. The minimum Gasteiger partial charge on any atom is -0.479 e. The van der Waals surface area contributed by atoms with Crippen molar-refractivity contribution in [2.45, 2.75) is 88.2 Å². The molecule has 0 aromatic heterocycles. The minimum atomic E-state index is -1.72. The molecule has 0 spiro atoms. The molecule has 0 radical (unpaired) electrons. The van der Waals surface area contributed by atoms with Gasteiger partial charge in [-0.05, 0) is 6.92 Å². The van der Waals surface area contributed by atoms with Gasteiger partial charge in [-0.3, -0.25) is 9.59 Å². The molecule has 2 aliphatic rings. The number of amides is 2. The Kier molecular flexibility index (Phi) is 10.1. The predicted octanol–water partition coefficient (Wildman–Crippen LogP) is -4.61. The number of hydrogen-bond donors (Lipinski definition) is 8. The topological polar surface area (TPSA) is 234 Å². The summed E-state index contributed by atoms with van der Waals surface area (Å²) in [7, 11) is 0. The van der Waals surface area contributed by atoms with E-state index in [1.54, 1.807) is 0 Å². The summed E-state index contributed by atoms with van der Waals surface area (Å²) in [5.41, 5.74) is 0. The number of carboxylic acid groups (broad SMARTS) is 1. The van der Waals surface area contributed by atoms with Crippen LogP contribution in [-0.4, -0.2) is 129 Å². The van der Waals surface area contributed by atoms with Gasteiger partial charge in [0.1, 0.15) is 48.7 Å². The van der Waals surface area contributed by atoms with E-state index in [0.29, 0.717) is 0 Å². The molecule has 15 nitrogen and oxygen atoms in total. The number of ether oxygens (including phenoxy) is 4. The molecule has 34 heavy (non-hydrogen) atoms. The lowest BCUT2D eigenvalue weighted by Crippen LogP contribution is -2.69. The number of nitrogens with one attached hydrogen (secondary N) is 2. The lowest BCUT2D eigenvalue weighted by atomic mass is 9.94. The molecule has 0 bridgehead atoms. The molecule has 8 N–H and O–H groups in total. The summed E-state index contributed by atoms with van der Waals surface area (Å²) in [6.07, 6.45) is -13.5. The quantitative estimate of drug-likeness (QED) is 0.150. The molecular weight excluding hydrogens is 464 g/mol. The highest BCUT2D eigenvalue weighted by molar-refractivity contribution is 5.74. The van der Waals surface area contributed by atoms with Crippen LogP contribution in [0, 0.1) is 0 Å². The van der Waals surface area contributed by atoms with Gasteiger partial charge in [-0.2, -0.15) is 0 Å². The van der Waals surface area contributed by atoms with Crippen molar-refractivity contribution >= 4 is 17.8 Å². The van der Waals surface area contributed by atoms with Crippen LogP contribution in [0.1, 0.15) is 20.8 Å². The van der Waals surface area contributed by atoms with Crippen LogP contribution in [0.4, 0.5) is 0 Å². The Balaban J connectivity index is 2.44. The standard InChI is InChI=1S/C19H32N2O13/c1-6(17(28)29)31-16-12(21-8(3)25)18(30)32-10(5-23)15(16)34-19-11(20-7(2)24)14(27)13(26)9(4-22)33-19/h6,9-16,18-19,22-23,26-27,30H,4-5H2,1-3H3,(H,20,24)(H,21,25)(H,28,29)/t6-,9+,10+,11+,12-,13+,14-,15+,16+,18+,19-/m0/s1. The van der Waals surface area contributed by atoms with Gasteiger partial charge in [0.15, 0.2) is 18.7 Å². The van der Waals surface area contributed by atoms with Gasteiger partial charge in [0.05, 0.1) is 13.2 Å². The average Bonchev–Trinajstić information content (AvgIpc) is 2.76. The lowest BCUT2D eigenvalue weighted by molar-refractivity contribution is -0.333. The molecule has 2 saturated heterocycles. The highest BCUT2D eigenvalue weighted by atomic mass is 16.7. The Bertz CT molecular complexity index is 724. The smallest absolute Gasteiger partial charge is 0.332 e. The Morgan fingerprint density at radius 3 is 1.94 bits per heavy atom. The van der Waals surface area contributed by atoms with Crippen molar-refractivity contribution in [3.63, 3.8) is 0 Å². The number of rotatable bonds is 9. The van der Waals surface area contributed by atoms with Gasteiger partial charge in [-0.15, -0.1) is 0 Å². The molecule has 0 aromatic carbocycles. The number of carboxylic acids is 1. The molecule has 0 aliphatic carbocycles. The molecule has 11 atom stereocenters. The minimum absolute atomic E-state index is 0.616.